The normalized spacial score (nSPS) is 10.2. The monoisotopic (exact) mass is 365 g/mol. The predicted molar refractivity (Wildman–Crippen MR) is 93.4 cm³/mol. The van der Waals surface area contributed by atoms with Gasteiger partial charge in [-0.25, -0.2) is 9.78 Å². The van der Waals surface area contributed by atoms with E-state index in [0.29, 0.717) is 22.3 Å². The van der Waals surface area contributed by atoms with Crippen LogP contribution in [-0.4, -0.2) is 48.4 Å². The highest BCUT2D eigenvalue weighted by Crippen LogP contribution is 2.29. The average Bonchev–Trinajstić information content (AvgIpc) is 3.09. The highest BCUT2D eigenvalue weighted by atomic mass is 32.2. The Hall–Kier alpha value is -2.68. The van der Waals surface area contributed by atoms with Crippen molar-refractivity contribution >= 4 is 29.3 Å². The van der Waals surface area contributed by atoms with Gasteiger partial charge < -0.3 is 24.5 Å². The van der Waals surface area contributed by atoms with Crippen LogP contribution in [-0.2, 0) is 9.53 Å². The number of carbonyl (C=O) groups excluding carboxylic acids is 2. The van der Waals surface area contributed by atoms with Crippen molar-refractivity contribution in [3.8, 4) is 11.5 Å². The summed E-state index contributed by atoms with van der Waals surface area (Å²) in [5.74, 6) is 0.536. The first-order chi connectivity index (χ1) is 12.1. The maximum Gasteiger partial charge on any atom is 0.356 e. The number of hydrogen-bond donors (Lipinski definition) is 2. The van der Waals surface area contributed by atoms with Crippen molar-refractivity contribution in [2.45, 2.75) is 12.1 Å². The molecule has 0 saturated carbocycles. The Kier molecular flexibility index (Phi) is 6.70. The van der Waals surface area contributed by atoms with Gasteiger partial charge in [0.25, 0.3) is 0 Å². The molecule has 0 atom stereocenters. The van der Waals surface area contributed by atoms with Crippen LogP contribution in [0.2, 0.25) is 0 Å². The lowest BCUT2D eigenvalue weighted by atomic mass is 10.2. The summed E-state index contributed by atoms with van der Waals surface area (Å²) in [5, 5.41) is 3.22. The van der Waals surface area contributed by atoms with Crippen molar-refractivity contribution in [2.75, 3.05) is 31.9 Å². The molecule has 8 nitrogen and oxygen atoms in total. The summed E-state index contributed by atoms with van der Waals surface area (Å²) >= 11 is 1.17. The van der Waals surface area contributed by atoms with E-state index in [2.05, 4.69) is 15.3 Å². The van der Waals surface area contributed by atoms with Crippen LogP contribution in [0.15, 0.2) is 29.6 Å². The molecular weight excluding hydrogens is 346 g/mol. The number of esters is 1. The molecule has 1 aromatic heterocycles. The van der Waals surface area contributed by atoms with Gasteiger partial charge in [0, 0.05) is 6.07 Å². The van der Waals surface area contributed by atoms with Crippen molar-refractivity contribution in [3.63, 3.8) is 0 Å². The lowest BCUT2D eigenvalue weighted by molar-refractivity contribution is -0.113. The molecule has 2 rings (SSSR count). The van der Waals surface area contributed by atoms with E-state index < -0.39 is 5.97 Å². The quantitative estimate of drug-likeness (QED) is 0.547. The van der Waals surface area contributed by atoms with Gasteiger partial charge >= 0.3 is 5.97 Å². The van der Waals surface area contributed by atoms with Gasteiger partial charge in [-0.2, -0.15) is 0 Å². The number of aromatic amines is 1. The number of rotatable bonds is 8. The van der Waals surface area contributed by atoms with E-state index in [1.165, 1.54) is 25.1 Å². The number of carbonyl (C=O) groups is 2. The largest absolute Gasteiger partial charge is 0.497 e. The molecule has 2 aromatic rings. The van der Waals surface area contributed by atoms with Crippen LogP contribution in [0.25, 0.3) is 0 Å². The van der Waals surface area contributed by atoms with E-state index in [1.54, 1.807) is 32.2 Å². The minimum absolute atomic E-state index is 0.116. The standard InChI is InChI=1S/C16H19N3O5S/c1-4-24-15(21)12-8-17-16(19-12)25-9-14(20)18-11-6-5-10(22-2)7-13(11)23-3/h5-8H,4,9H2,1-3H3,(H,17,19)(H,18,20). The number of thioether (sulfide) groups is 1. The molecule has 0 unspecified atom stereocenters. The molecule has 2 N–H and O–H groups in total. The molecule has 134 valence electrons. The van der Waals surface area contributed by atoms with Crippen LogP contribution < -0.4 is 14.8 Å². The summed E-state index contributed by atoms with van der Waals surface area (Å²) in [4.78, 5) is 30.5. The van der Waals surface area contributed by atoms with Crippen molar-refractivity contribution in [1.29, 1.82) is 0 Å². The van der Waals surface area contributed by atoms with Gasteiger partial charge in [0.1, 0.15) is 17.2 Å². The number of nitrogens with one attached hydrogen (secondary N) is 2. The first kappa shape index (κ1) is 18.7. The first-order valence-corrected chi connectivity index (χ1v) is 8.42. The number of amides is 1. The van der Waals surface area contributed by atoms with Crippen molar-refractivity contribution < 1.29 is 23.8 Å². The van der Waals surface area contributed by atoms with Crippen molar-refractivity contribution in [2.24, 2.45) is 0 Å². The van der Waals surface area contributed by atoms with Crippen molar-refractivity contribution in [1.82, 2.24) is 9.97 Å². The topological polar surface area (TPSA) is 103 Å². The molecule has 9 heteroatoms. The lowest BCUT2D eigenvalue weighted by Gasteiger charge is -2.11. The summed E-state index contributed by atoms with van der Waals surface area (Å²) in [7, 11) is 3.07. The van der Waals surface area contributed by atoms with Crippen molar-refractivity contribution in [3.05, 3.63) is 30.1 Å². The highest BCUT2D eigenvalue weighted by Gasteiger charge is 2.13. The SMILES string of the molecule is CCOC(=O)c1cnc(SCC(=O)Nc2ccc(OC)cc2OC)[nH]1. The Bertz CT molecular complexity index is 747. The molecule has 1 amide bonds. The van der Waals surface area contributed by atoms with Crippen LogP contribution in [0, 0.1) is 0 Å². The summed E-state index contributed by atoms with van der Waals surface area (Å²) in [6, 6.07) is 5.11. The van der Waals surface area contributed by atoms with Gasteiger partial charge in [0.05, 0.1) is 38.5 Å². The van der Waals surface area contributed by atoms with Gasteiger partial charge in [0.2, 0.25) is 5.91 Å². The number of methoxy groups -OCH3 is 2. The Labute approximate surface area is 149 Å². The Balaban J connectivity index is 1.92. The van der Waals surface area contributed by atoms with E-state index >= 15 is 0 Å². The molecule has 0 aliphatic rings. The zero-order valence-corrected chi connectivity index (χ0v) is 14.9. The fourth-order valence-corrected chi connectivity index (χ4v) is 2.56. The van der Waals surface area contributed by atoms with Gasteiger partial charge in [0.15, 0.2) is 5.16 Å². The minimum atomic E-state index is -0.478. The third kappa shape index (κ3) is 5.15. The number of hydrogen-bond acceptors (Lipinski definition) is 7. The third-order valence-electron chi connectivity index (χ3n) is 3.07. The first-order valence-electron chi connectivity index (χ1n) is 7.44. The third-order valence-corrected chi connectivity index (χ3v) is 3.96. The molecule has 1 aromatic carbocycles. The number of H-pyrrole nitrogens is 1. The zero-order chi connectivity index (χ0) is 18.2. The maximum absolute atomic E-state index is 12.1. The number of anilines is 1. The van der Waals surface area contributed by atoms with Crippen LogP contribution in [0.3, 0.4) is 0 Å². The zero-order valence-electron chi connectivity index (χ0n) is 14.1. The Morgan fingerprint density at radius 2 is 2.08 bits per heavy atom. The molecule has 0 spiro atoms. The van der Waals surface area contributed by atoms with E-state index in [1.807, 2.05) is 0 Å². The fraction of sp³-hybridized carbons (Fsp3) is 0.312. The van der Waals surface area contributed by atoms with Crippen LogP contribution in [0.5, 0.6) is 11.5 Å². The molecule has 0 fully saturated rings. The molecule has 0 saturated heterocycles. The second kappa shape index (κ2) is 8.97. The molecule has 0 aliphatic heterocycles. The van der Waals surface area contributed by atoms with Crippen LogP contribution >= 0.6 is 11.8 Å². The number of nitrogens with zero attached hydrogens (tertiary/aromatic N) is 1. The number of imidazole rings is 1. The van der Waals surface area contributed by atoms with Gasteiger partial charge in [-0.3, -0.25) is 4.79 Å². The second-order valence-electron chi connectivity index (χ2n) is 4.73. The fourth-order valence-electron chi connectivity index (χ4n) is 1.91. The van der Waals surface area contributed by atoms with E-state index in [-0.39, 0.29) is 24.0 Å². The number of ether oxygens (including phenoxy) is 3. The molecule has 0 aliphatic carbocycles. The molecular formula is C16H19N3O5S. The van der Waals surface area contributed by atoms with Gasteiger partial charge in [-0.05, 0) is 19.1 Å². The number of benzene rings is 1. The molecule has 0 radical (unpaired) electrons. The minimum Gasteiger partial charge on any atom is -0.497 e. The van der Waals surface area contributed by atoms with Crippen LogP contribution in [0.1, 0.15) is 17.4 Å². The van der Waals surface area contributed by atoms with Gasteiger partial charge in [-0.15, -0.1) is 0 Å². The number of aromatic nitrogens is 2. The smallest absolute Gasteiger partial charge is 0.356 e. The second-order valence-corrected chi connectivity index (χ2v) is 5.69. The Morgan fingerprint density at radius 1 is 1.28 bits per heavy atom. The average molecular weight is 365 g/mol. The summed E-state index contributed by atoms with van der Waals surface area (Å²) in [6.45, 7) is 2.01. The summed E-state index contributed by atoms with van der Waals surface area (Å²) in [5.41, 5.74) is 0.794. The molecule has 0 bridgehead atoms. The highest BCUT2D eigenvalue weighted by molar-refractivity contribution is 7.99. The molecule has 1 heterocycles. The van der Waals surface area contributed by atoms with Crippen LogP contribution in [0.4, 0.5) is 5.69 Å². The lowest BCUT2D eigenvalue weighted by Crippen LogP contribution is -2.14. The summed E-state index contributed by atoms with van der Waals surface area (Å²) in [6.07, 6.45) is 1.38. The Morgan fingerprint density at radius 3 is 2.76 bits per heavy atom. The van der Waals surface area contributed by atoms with E-state index in [4.69, 9.17) is 14.2 Å². The van der Waals surface area contributed by atoms with E-state index in [0.717, 1.165) is 0 Å². The summed E-state index contributed by atoms with van der Waals surface area (Å²) < 4.78 is 15.2. The predicted octanol–water partition coefficient (Wildman–Crippen LogP) is 2.33. The van der Waals surface area contributed by atoms with E-state index in [9.17, 15) is 9.59 Å². The maximum atomic E-state index is 12.1. The van der Waals surface area contributed by atoms with Gasteiger partial charge in [-0.1, -0.05) is 11.8 Å². The molecule has 25 heavy (non-hydrogen) atoms.